The Hall–Kier alpha value is -5.11. The summed E-state index contributed by atoms with van der Waals surface area (Å²) in [6, 6.07) is 5.57. The first-order valence-electron chi connectivity index (χ1n) is 17.6. The van der Waals surface area contributed by atoms with Gasteiger partial charge in [0.05, 0.1) is 53.2 Å². The van der Waals surface area contributed by atoms with E-state index in [1.54, 1.807) is 25.3 Å². The van der Waals surface area contributed by atoms with Crippen molar-refractivity contribution >= 4 is 41.4 Å². The molecule has 17 nitrogen and oxygen atoms in total. The van der Waals surface area contributed by atoms with Crippen LogP contribution in [0.5, 0.6) is 11.5 Å². The van der Waals surface area contributed by atoms with Crippen molar-refractivity contribution in [3.05, 3.63) is 98.5 Å². The highest BCUT2D eigenvalue weighted by molar-refractivity contribution is 6.31. The first-order valence-corrected chi connectivity index (χ1v) is 17.6. The van der Waals surface area contributed by atoms with Crippen molar-refractivity contribution in [1.29, 1.82) is 0 Å². The molecule has 1 saturated heterocycles. The number of phenolic OH excluding ortho intramolecular Hbond substituents is 2. The summed E-state index contributed by atoms with van der Waals surface area (Å²) in [5.41, 5.74) is -9.54. The molecule has 8 atom stereocenters. The lowest BCUT2D eigenvalue weighted by Crippen LogP contribution is -2.73. The molecule has 1 fully saturated rings. The van der Waals surface area contributed by atoms with Gasteiger partial charge in [0.25, 0.3) is 5.91 Å². The molecular weight excluding hydrogens is 770 g/mol. The minimum absolute atomic E-state index is 0. The normalized spacial score (nSPS) is 28.9. The van der Waals surface area contributed by atoms with Crippen LogP contribution < -0.4 is 10.6 Å². The van der Waals surface area contributed by atoms with Crippen LogP contribution in [0.2, 0.25) is 0 Å². The van der Waals surface area contributed by atoms with Gasteiger partial charge >= 0.3 is 0 Å². The predicted octanol–water partition coefficient (Wildman–Crippen LogP) is 0.304. The zero-order valence-electron chi connectivity index (χ0n) is 30.9. The van der Waals surface area contributed by atoms with Gasteiger partial charge < -0.3 is 55.5 Å². The second-order valence-electron chi connectivity index (χ2n) is 14.3. The monoisotopic (exact) mass is 809 g/mol. The number of aromatic hydroxyl groups is 2. The van der Waals surface area contributed by atoms with E-state index < -0.39 is 135 Å². The molecule has 3 aromatic rings. The number of methoxy groups -OCH3 is 2. The average molecular weight is 810 g/mol. The number of halogens is 1. The molecule has 0 radical (unpaired) electrons. The van der Waals surface area contributed by atoms with Crippen molar-refractivity contribution < 1.29 is 68.8 Å². The van der Waals surface area contributed by atoms with Crippen molar-refractivity contribution in [3.63, 3.8) is 0 Å². The summed E-state index contributed by atoms with van der Waals surface area (Å²) in [6.45, 7) is 2.45. The number of rotatable bonds is 8. The van der Waals surface area contributed by atoms with Gasteiger partial charge in [-0.1, -0.05) is 12.1 Å². The minimum atomic E-state index is -3.26. The van der Waals surface area contributed by atoms with Gasteiger partial charge in [0.15, 0.2) is 17.0 Å². The van der Waals surface area contributed by atoms with Gasteiger partial charge in [-0.15, -0.1) is 12.4 Å². The topological polar surface area (TPSA) is 271 Å². The van der Waals surface area contributed by atoms with Crippen molar-refractivity contribution in [1.82, 2.24) is 15.6 Å². The number of nitrogens with one attached hydrogen (secondary N) is 2. The Balaban J connectivity index is 0.00000549. The lowest BCUT2D eigenvalue weighted by molar-refractivity contribution is -0.214. The SMILES string of the molecule is CO[C@@H]1[C@@H](O)[C@@H](CO)C(NC2=CC(=O)c3c(cc4c(c3O)C(=O)[C@]3(OC)[C@H](O)Cc5cc(C)c(C(=O)NCc6cccnc6)c(O)c5[C@]3(O)C4=O)C2=O)O[C@H]1C.Cl. The van der Waals surface area contributed by atoms with E-state index >= 15 is 0 Å². The van der Waals surface area contributed by atoms with E-state index in [-0.39, 0.29) is 35.6 Å². The summed E-state index contributed by atoms with van der Waals surface area (Å²) in [5.74, 6) is -8.54. The molecule has 1 aliphatic heterocycles. The van der Waals surface area contributed by atoms with Crippen LogP contribution >= 0.6 is 12.4 Å². The van der Waals surface area contributed by atoms with E-state index in [2.05, 4.69) is 15.6 Å². The largest absolute Gasteiger partial charge is 0.507 e. The summed E-state index contributed by atoms with van der Waals surface area (Å²) < 4.78 is 16.7. The van der Waals surface area contributed by atoms with Crippen LogP contribution in [0.25, 0.3) is 0 Å². The Bertz CT molecular complexity index is 2250. The molecule has 302 valence electrons. The van der Waals surface area contributed by atoms with E-state index in [9.17, 15) is 54.6 Å². The number of benzene rings is 2. The van der Waals surface area contributed by atoms with Crippen LogP contribution in [-0.4, -0.2) is 122 Å². The number of amides is 1. The zero-order chi connectivity index (χ0) is 40.6. The number of allylic oxidation sites excluding steroid dienone is 2. The van der Waals surface area contributed by atoms with Crippen molar-refractivity contribution in [2.45, 2.75) is 68.7 Å². The van der Waals surface area contributed by atoms with Crippen molar-refractivity contribution in [2.75, 3.05) is 20.8 Å². The van der Waals surface area contributed by atoms with E-state index in [0.29, 0.717) is 5.56 Å². The maximum Gasteiger partial charge on any atom is 0.255 e. The fourth-order valence-electron chi connectivity index (χ4n) is 8.59. The molecular formula is C39H40ClN3O14. The van der Waals surface area contributed by atoms with Crippen LogP contribution in [0.15, 0.2) is 48.4 Å². The highest BCUT2D eigenvalue weighted by Gasteiger charge is 2.72. The number of ether oxygens (including phenoxy) is 3. The van der Waals surface area contributed by atoms with Crippen LogP contribution in [0, 0.1) is 12.8 Å². The molecule has 3 aliphatic carbocycles. The Labute approximate surface area is 330 Å². The Morgan fingerprint density at radius 3 is 2.40 bits per heavy atom. The summed E-state index contributed by atoms with van der Waals surface area (Å²) in [5, 5.41) is 73.9. The smallest absolute Gasteiger partial charge is 0.255 e. The van der Waals surface area contributed by atoms with Gasteiger partial charge in [0, 0.05) is 62.3 Å². The fraction of sp³-hybridized carbons (Fsp3) is 0.385. The third kappa shape index (κ3) is 5.88. The minimum Gasteiger partial charge on any atom is -0.507 e. The quantitative estimate of drug-likeness (QED) is 0.152. The van der Waals surface area contributed by atoms with Crippen molar-refractivity contribution in [2.24, 2.45) is 5.92 Å². The molecule has 18 heteroatoms. The second-order valence-corrected chi connectivity index (χ2v) is 14.3. The molecule has 57 heavy (non-hydrogen) atoms. The van der Waals surface area contributed by atoms with Crippen LogP contribution in [-0.2, 0) is 32.8 Å². The maximum atomic E-state index is 14.8. The van der Waals surface area contributed by atoms with Crippen LogP contribution in [0.1, 0.15) is 81.0 Å². The summed E-state index contributed by atoms with van der Waals surface area (Å²) in [4.78, 5) is 74.6. The van der Waals surface area contributed by atoms with E-state index in [0.717, 1.165) is 19.3 Å². The maximum absolute atomic E-state index is 14.8. The number of pyridine rings is 1. The van der Waals surface area contributed by atoms with E-state index in [1.165, 1.54) is 26.3 Å². The van der Waals surface area contributed by atoms with Gasteiger partial charge in [0.2, 0.25) is 17.3 Å². The van der Waals surface area contributed by atoms with Crippen molar-refractivity contribution in [3.8, 4) is 11.5 Å². The highest BCUT2D eigenvalue weighted by atomic mass is 35.5. The molecule has 8 N–H and O–H groups in total. The lowest BCUT2D eigenvalue weighted by Gasteiger charge is -2.53. The molecule has 1 aromatic heterocycles. The van der Waals surface area contributed by atoms with Gasteiger partial charge in [0.1, 0.15) is 23.8 Å². The zero-order valence-corrected chi connectivity index (χ0v) is 31.7. The molecule has 2 aromatic carbocycles. The average Bonchev–Trinajstić information content (AvgIpc) is 3.15. The Morgan fingerprint density at radius 1 is 1.05 bits per heavy atom. The lowest BCUT2D eigenvalue weighted by atomic mass is 9.56. The van der Waals surface area contributed by atoms with Crippen LogP contribution in [0.3, 0.4) is 0 Å². The second kappa shape index (κ2) is 15.0. The number of fused-ring (bicyclic) bond motifs is 5. The Kier molecular flexibility index (Phi) is 10.9. The number of aryl methyl sites for hydroxylation is 1. The molecule has 1 amide bonds. The molecule has 2 heterocycles. The van der Waals surface area contributed by atoms with Gasteiger partial charge in [-0.2, -0.15) is 0 Å². The Morgan fingerprint density at radius 2 is 1.77 bits per heavy atom. The number of hydrogen-bond donors (Lipinski definition) is 8. The molecule has 4 aliphatic rings. The standard InChI is InChI=1S/C39H39N3O14.ClH/c1-15-8-18-9-24(45)39(55-4)35(51)27-20(34(50)38(39,53)28(18)32(49)25(15)36(52)41-13-17-6-5-7-40-12-17)10-19-26(31(27)48)23(44)11-22(29(19)46)42-37-21(14-43)30(47)33(54-3)16(2)56-37;/h5-8,10-12,16,21,24,30,33,37,42-43,45,47-49,53H,9,13-14H2,1-4H3,(H,41,52);1H/t16-,21+,24+,30-,33-,37?,38-,39+;/m0./s1. The summed E-state index contributed by atoms with van der Waals surface area (Å²) in [6.07, 6.45) is -2.61. The first-order chi connectivity index (χ1) is 26.6. The van der Waals surface area contributed by atoms with Gasteiger partial charge in [-0.05, 0) is 42.7 Å². The number of nitrogens with zero attached hydrogens (tertiary/aromatic N) is 1. The van der Waals surface area contributed by atoms with Gasteiger partial charge in [-0.3, -0.25) is 29.0 Å². The van der Waals surface area contributed by atoms with Gasteiger partial charge in [-0.25, -0.2) is 0 Å². The third-order valence-electron chi connectivity index (χ3n) is 11.3. The predicted molar refractivity (Wildman–Crippen MR) is 197 cm³/mol. The molecule has 1 unspecified atom stereocenters. The number of Topliss-reactive ketones (excluding diaryl/α,β-unsaturated/α-hetero) is 3. The number of phenols is 2. The number of aromatic nitrogens is 1. The first kappa shape index (κ1) is 41.5. The molecule has 0 saturated carbocycles. The number of ketones is 4. The molecule has 7 rings (SSSR count). The highest BCUT2D eigenvalue weighted by Crippen LogP contribution is 2.56. The van der Waals surface area contributed by atoms with Crippen LogP contribution in [0.4, 0.5) is 0 Å². The number of aliphatic hydroxyl groups is 4. The third-order valence-corrected chi connectivity index (χ3v) is 11.3. The number of aliphatic hydroxyl groups excluding tert-OH is 3. The number of carbonyl (C=O) groups excluding carboxylic acids is 5. The fourth-order valence-corrected chi connectivity index (χ4v) is 8.59. The molecule has 0 spiro atoms. The van der Waals surface area contributed by atoms with E-state index in [4.69, 9.17) is 14.2 Å². The number of hydrogen-bond acceptors (Lipinski definition) is 16. The number of carbonyl (C=O) groups is 5. The summed E-state index contributed by atoms with van der Waals surface area (Å²) in [7, 11) is 2.27. The molecule has 0 bridgehead atoms. The van der Waals surface area contributed by atoms with E-state index in [1.807, 2.05) is 0 Å². The summed E-state index contributed by atoms with van der Waals surface area (Å²) >= 11 is 0.